The third-order valence-corrected chi connectivity index (χ3v) is 2.80. The van der Waals surface area contributed by atoms with Gasteiger partial charge in [0.15, 0.2) is 0 Å². The summed E-state index contributed by atoms with van der Waals surface area (Å²) in [6, 6.07) is 7.72. The second-order valence-corrected chi connectivity index (χ2v) is 4.10. The van der Waals surface area contributed by atoms with Gasteiger partial charge >= 0.3 is 0 Å². The number of nitrogens with two attached hydrogens (primary N) is 1. The van der Waals surface area contributed by atoms with E-state index in [9.17, 15) is 0 Å². The molecule has 0 aromatic heterocycles. The van der Waals surface area contributed by atoms with Gasteiger partial charge in [-0.1, -0.05) is 35.3 Å². The van der Waals surface area contributed by atoms with Crippen LogP contribution in [0.5, 0.6) is 0 Å². The second-order valence-electron chi connectivity index (χ2n) is 3.66. The molecule has 0 unspecified atom stereocenters. The Balaban J connectivity index is 2.39. The molecular formula is C12H11BClN. The van der Waals surface area contributed by atoms with Gasteiger partial charge in [-0.15, -0.1) is 0 Å². The lowest BCUT2D eigenvalue weighted by Crippen LogP contribution is -2.05. The summed E-state index contributed by atoms with van der Waals surface area (Å²) in [4.78, 5) is 0. The highest BCUT2D eigenvalue weighted by Crippen LogP contribution is 2.29. The highest BCUT2D eigenvalue weighted by Gasteiger charge is 2.09. The lowest BCUT2D eigenvalue weighted by molar-refractivity contribution is 0.955. The van der Waals surface area contributed by atoms with Crippen LogP contribution in [-0.4, -0.2) is 7.85 Å². The predicted octanol–water partition coefficient (Wildman–Crippen LogP) is 2.86. The summed E-state index contributed by atoms with van der Waals surface area (Å²) in [5.41, 5.74) is 9.61. The van der Waals surface area contributed by atoms with Crippen molar-refractivity contribution >= 4 is 25.0 Å². The summed E-state index contributed by atoms with van der Waals surface area (Å²) >= 11 is 5.83. The van der Waals surface area contributed by atoms with Crippen LogP contribution < -0.4 is 5.73 Å². The van der Waals surface area contributed by atoms with Crippen LogP contribution in [0, 0.1) is 0 Å². The molecule has 3 heteroatoms. The van der Waals surface area contributed by atoms with Crippen LogP contribution in [0.2, 0.25) is 5.02 Å². The highest BCUT2D eigenvalue weighted by atomic mass is 35.5. The first kappa shape index (κ1) is 10.4. The number of benzene rings is 1. The number of hydrogen-bond donors (Lipinski definition) is 1. The molecule has 0 spiro atoms. The molecule has 74 valence electrons. The van der Waals surface area contributed by atoms with E-state index < -0.39 is 0 Å². The topological polar surface area (TPSA) is 26.0 Å². The van der Waals surface area contributed by atoms with Crippen LogP contribution in [0.15, 0.2) is 41.5 Å². The molecule has 2 rings (SSSR count). The fourth-order valence-electron chi connectivity index (χ4n) is 1.73. The van der Waals surface area contributed by atoms with Gasteiger partial charge in [0.05, 0.1) is 0 Å². The summed E-state index contributed by atoms with van der Waals surface area (Å²) in [5.74, 6) is 0. The summed E-state index contributed by atoms with van der Waals surface area (Å²) in [7, 11) is 5.93. The van der Waals surface area contributed by atoms with Gasteiger partial charge in [-0.3, -0.25) is 0 Å². The zero-order chi connectivity index (χ0) is 10.8. The molecular weight excluding hydrogens is 204 g/mol. The van der Waals surface area contributed by atoms with Gasteiger partial charge in [0, 0.05) is 10.7 Å². The van der Waals surface area contributed by atoms with E-state index in [0.29, 0.717) is 0 Å². The normalized spacial score (nSPS) is 16.5. The molecule has 0 aliphatic heterocycles. The Kier molecular flexibility index (Phi) is 2.87. The predicted molar refractivity (Wildman–Crippen MR) is 65.6 cm³/mol. The molecule has 2 radical (unpaired) electrons. The molecule has 0 saturated carbocycles. The first-order valence-electron chi connectivity index (χ1n) is 4.87. The van der Waals surface area contributed by atoms with E-state index in [1.807, 2.05) is 30.3 Å². The van der Waals surface area contributed by atoms with E-state index in [2.05, 4.69) is 0 Å². The van der Waals surface area contributed by atoms with Crippen LogP contribution in [0.4, 0.5) is 0 Å². The summed E-state index contributed by atoms with van der Waals surface area (Å²) < 4.78 is 0. The molecule has 0 amide bonds. The lowest BCUT2D eigenvalue weighted by atomic mass is 9.81. The smallest absolute Gasteiger partial charge is 0.114 e. The molecule has 1 aromatic carbocycles. The minimum absolute atomic E-state index is 0.740. The van der Waals surface area contributed by atoms with Crippen LogP contribution in [0.25, 0.3) is 5.57 Å². The van der Waals surface area contributed by atoms with Crippen molar-refractivity contribution in [3.63, 3.8) is 0 Å². The maximum atomic E-state index is 5.93. The maximum absolute atomic E-state index is 5.93. The lowest BCUT2D eigenvalue weighted by Gasteiger charge is -2.16. The molecule has 0 heterocycles. The van der Waals surface area contributed by atoms with Crippen molar-refractivity contribution in [3.8, 4) is 0 Å². The SMILES string of the molecule is [B]C1=C(c2ccc(Cl)cc2)CCC(N)=C1. The molecule has 1 aromatic rings. The average molecular weight is 215 g/mol. The first-order chi connectivity index (χ1) is 7.16. The monoisotopic (exact) mass is 215 g/mol. The number of hydrogen-bond acceptors (Lipinski definition) is 1. The fraction of sp³-hybridized carbons (Fsp3) is 0.167. The zero-order valence-corrected chi connectivity index (χ0v) is 9.09. The maximum Gasteiger partial charge on any atom is 0.114 e. The van der Waals surface area contributed by atoms with Crippen LogP contribution in [-0.2, 0) is 0 Å². The van der Waals surface area contributed by atoms with Crippen molar-refractivity contribution in [2.75, 3.05) is 0 Å². The molecule has 0 saturated heterocycles. The molecule has 15 heavy (non-hydrogen) atoms. The van der Waals surface area contributed by atoms with Crippen molar-refractivity contribution in [2.45, 2.75) is 12.8 Å². The summed E-state index contributed by atoms with van der Waals surface area (Å²) in [6.07, 6.45) is 3.61. The van der Waals surface area contributed by atoms with Crippen molar-refractivity contribution in [1.29, 1.82) is 0 Å². The standard InChI is InChI=1S/C12H11BClN/c13-12-7-10(15)5-6-11(12)8-1-3-9(14)4-2-8/h1-4,7H,5-6,15H2. The second kappa shape index (κ2) is 4.15. The van der Waals surface area contributed by atoms with Crippen LogP contribution in [0.1, 0.15) is 18.4 Å². The fourth-order valence-corrected chi connectivity index (χ4v) is 1.86. The van der Waals surface area contributed by atoms with Gasteiger partial charge in [-0.05, 0) is 36.1 Å². The Bertz CT molecular complexity index is 431. The van der Waals surface area contributed by atoms with Gasteiger partial charge in [0.25, 0.3) is 0 Å². The van der Waals surface area contributed by atoms with E-state index in [1.54, 1.807) is 0 Å². The van der Waals surface area contributed by atoms with E-state index in [-0.39, 0.29) is 0 Å². The van der Waals surface area contributed by atoms with Crippen LogP contribution in [0.3, 0.4) is 0 Å². The molecule has 0 fully saturated rings. The van der Waals surface area contributed by atoms with Crippen LogP contribution >= 0.6 is 11.6 Å². The molecule has 1 aliphatic carbocycles. The number of halogens is 1. The minimum Gasteiger partial charge on any atom is -0.402 e. The minimum atomic E-state index is 0.740. The number of rotatable bonds is 1. The summed E-state index contributed by atoms with van der Waals surface area (Å²) in [5, 5.41) is 0.740. The Morgan fingerprint density at radius 2 is 1.80 bits per heavy atom. The van der Waals surface area contributed by atoms with Gasteiger partial charge in [0.2, 0.25) is 0 Å². The summed E-state index contributed by atoms with van der Waals surface area (Å²) in [6.45, 7) is 0. The van der Waals surface area contributed by atoms with Gasteiger partial charge in [-0.2, -0.15) is 0 Å². The third-order valence-electron chi connectivity index (χ3n) is 2.55. The molecule has 0 bridgehead atoms. The van der Waals surface area contributed by atoms with Crippen molar-refractivity contribution in [1.82, 2.24) is 0 Å². The van der Waals surface area contributed by atoms with Crippen molar-refractivity contribution in [3.05, 3.63) is 52.1 Å². The van der Waals surface area contributed by atoms with Gasteiger partial charge in [0.1, 0.15) is 7.85 Å². The quantitative estimate of drug-likeness (QED) is 0.716. The van der Waals surface area contributed by atoms with E-state index in [4.69, 9.17) is 25.2 Å². The molecule has 1 nitrogen and oxygen atoms in total. The average Bonchev–Trinajstić information content (AvgIpc) is 2.20. The first-order valence-corrected chi connectivity index (χ1v) is 5.25. The van der Waals surface area contributed by atoms with E-state index >= 15 is 0 Å². The molecule has 1 aliphatic rings. The zero-order valence-electron chi connectivity index (χ0n) is 8.33. The van der Waals surface area contributed by atoms with Gasteiger partial charge in [-0.25, -0.2) is 0 Å². The number of allylic oxidation sites excluding steroid dienone is 4. The Morgan fingerprint density at radius 1 is 1.13 bits per heavy atom. The Labute approximate surface area is 96.0 Å². The molecule has 2 N–H and O–H groups in total. The van der Waals surface area contributed by atoms with E-state index in [0.717, 1.165) is 40.2 Å². The Morgan fingerprint density at radius 3 is 2.40 bits per heavy atom. The molecule has 0 atom stereocenters. The van der Waals surface area contributed by atoms with E-state index in [1.165, 1.54) is 0 Å². The third kappa shape index (κ3) is 2.27. The van der Waals surface area contributed by atoms with Crippen molar-refractivity contribution in [2.24, 2.45) is 5.73 Å². The highest BCUT2D eigenvalue weighted by molar-refractivity contribution is 6.30. The Hall–Kier alpha value is -1.15. The van der Waals surface area contributed by atoms with Crippen molar-refractivity contribution < 1.29 is 0 Å². The largest absolute Gasteiger partial charge is 0.402 e. The van der Waals surface area contributed by atoms with Gasteiger partial charge < -0.3 is 5.73 Å².